The van der Waals surface area contributed by atoms with Crippen LogP contribution in [0.2, 0.25) is 0 Å². The minimum atomic E-state index is -1.16. The standard InChI is InChI=1S/C9H8N2O3S/c1-4-7(9(13)14)6(3-10)8(15-4)11-5(2)12/h1-2H3,(H,11,12)(H,13,14). The number of carbonyl (C=O) groups is 2. The van der Waals surface area contributed by atoms with Crippen molar-refractivity contribution < 1.29 is 14.7 Å². The number of carboxylic acids is 1. The van der Waals surface area contributed by atoms with E-state index in [0.717, 1.165) is 11.3 Å². The van der Waals surface area contributed by atoms with Crippen LogP contribution in [0.15, 0.2) is 0 Å². The fraction of sp³-hybridized carbons (Fsp3) is 0.222. The molecule has 0 aliphatic carbocycles. The van der Waals surface area contributed by atoms with E-state index in [4.69, 9.17) is 10.4 Å². The van der Waals surface area contributed by atoms with Gasteiger partial charge < -0.3 is 10.4 Å². The number of hydrogen-bond acceptors (Lipinski definition) is 4. The van der Waals surface area contributed by atoms with Crippen LogP contribution in [0.25, 0.3) is 0 Å². The number of aromatic carboxylic acids is 1. The number of anilines is 1. The third kappa shape index (κ3) is 2.14. The van der Waals surface area contributed by atoms with Gasteiger partial charge in [-0.15, -0.1) is 11.3 Å². The van der Waals surface area contributed by atoms with Crippen molar-refractivity contribution >= 4 is 28.2 Å². The monoisotopic (exact) mass is 224 g/mol. The number of thiophene rings is 1. The first-order valence-electron chi connectivity index (χ1n) is 4.01. The Morgan fingerprint density at radius 1 is 1.53 bits per heavy atom. The van der Waals surface area contributed by atoms with E-state index in [9.17, 15) is 9.59 Å². The number of carbonyl (C=O) groups excluding carboxylic acids is 1. The largest absolute Gasteiger partial charge is 0.478 e. The first-order chi connectivity index (χ1) is 6.97. The Balaban J connectivity index is 3.32. The molecule has 1 amide bonds. The van der Waals surface area contributed by atoms with Gasteiger partial charge in [-0.2, -0.15) is 5.26 Å². The average molecular weight is 224 g/mol. The fourth-order valence-corrected chi connectivity index (χ4v) is 2.20. The lowest BCUT2D eigenvalue weighted by Crippen LogP contribution is -2.06. The molecule has 78 valence electrons. The Kier molecular flexibility index (Phi) is 3.07. The molecule has 0 unspecified atom stereocenters. The van der Waals surface area contributed by atoms with E-state index in [-0.39, 0.29) is 17.0 Å². The predicted molar refractivity (Wildman–Crippen MR) is 55.0 cm³/mol. The predicted octanol–water partition coefficient (Wildman–Crippen LogP) is 1.58. The third-order valence-electron chi connectivity index (χ3n) is 1.70. The van der Waals surface area contributed by atoms with Crippen LogP contribution >= 0.6 is 11.3 Å². The fourth-order valence-electron chi connectivity index (χ4n) is 1.16. The Labute approximate surface area is 90.0 Å². The SMILES string of the molecule is CC(=O)Nc1sc(C)c(C(=O)O)c1C#N. The number of nitriles is 1. The first-order valence-corrected chi connectivity index (χ1v) is 4.83. The highest BCUT2D eigenvalue weighted by atomic mass is 32.1. The maximum atomic E-state index is 10.8. The van der Waals surface area contributed by atoms with Crippen LogP contribution in [-0.2, 0) is 4.79 Å². The van der Waals surface area contributed by atoms with E-state index in [1.54, 1.807) is 13.0 Å². The molecule has 6 heteroatoms. The topological polar surface area (TPSA) is 90.2 Å². The molecule has 1 aromatic heterocycles. The van der Waals surface area contributed by atoms with Gasteiger partial charge in [-0.1, -0.05) is 0 Å². The number of nitrogens with zero attached hydrogens (tertiary/aromatic N) is 1. The number of carboxylic acid groups (broad SMARTS) is 1. The summed E-state index contributed by atoms with van der Waals surface area (Å²) in [6.45, 7) is 2.90. The summed E-state index contributed by atoms with van der Waals surface area (Å²) in [6.07, 6.45) is 0. The lowest BCUT2D eigenvalue weighted by Gasteiger charge is -1.97. The first kappa shape index (κ1) is 11.2. The lowest BCUT2D eigenvalue weighted by molar-refractivity contribution is -0.114. The van der Waals surface area contributed by atoms with Gasteiger partial charge in [0, 0.05) is 11.8 Å². The van der Waals surface area contributed by atoms with Gasteiger partial charge in [0.15, 0.2) is 0 Å². The van der Waals surface area contributed by atoms with Gasteiger partial charge >= 0.3 is 5.97 Å². The zero-order valence-corrected chi connectivity index (χ0v) is 8.94. The summed E-state index contributed by atoms with van der Waals surface area (Å²) in [7, 11) is 0. The van der Waals surface area contributed by atoms with Crippen molar-refractivity contribution in [3.05, 3.63) is 16.0 Å². The molecular weight excluding hydrogens is 216 g/mol. The van der Waals surface area contributed by atoms with Gasteiger partial charge in [-0.3, -0.25) is 4.79 Å². The average Bonchev–Trinajstić information content (AvgIpc) is 2.40. The van der Waals surface area contributed by atoms with Gasteiger partial charge in [0.05, 0.1) is 5.56 Å². The summed E-state index contributed by atoms with van der Waals surface area (Å²) in [5, 5.41) is 20.4. The van der Waals surface area contributed by atoms with Gasteiger partial charge in [-0.25, -0.2) is 4.79 Å². The van der Waals surface area contributed by atoms with Gasteiger partial charge in [0.1, 0.15) is 16.6 Å². The number of rotatable bonds is 2. The van der Waals surface area contributed by atoms with Crippen molar-refractivity contribution in [2.24, 2.45) is 0 Å². The van der Waals surface area contributed by atoms with Gasteiger partial charge in [-0.05, 0) is 6.92 Å². The molecule has 0 saturated heterocycles. The summed E-state index contributed by atoms with van der Waals surface area (Å²) in [5.41, 5.74) is -0.0218. The minimum Gasteiger partial charge on any atom is -0.478 e. The molecular formula is C9H8N2O3S. The molecule has 0 aliphatic rings. The van der Waals surface area contributed by atoms with Crippen molar-refractivity contribution in [1.82, 2.24) is 0 Å². The molecule has 0 aliphatic heterocycles. The van der Waals surface area contributed by atoms with Crippen molar-refractivity contribution in [3.8, 4) is 6.07 Å². The van der Waals surface area contributed by atoms with Crippen molar-refractivity contribution in [2.45, 2.75) is 13.8 Å². The molecule has 15 heavy (non-hydrogen) atoms. The van der Waals surface area contributed by atoms with Crippen molar-refractivity contribution in [2.75, 3.05) is 5.32 Å². The zero-order chi connectivity index (χ0) is 11.6. The molecule has 5 nitrogen and oxygen atoms in total. The molecule has 0 radical (unpaired) electrons. The highest BCUT2D eigenvalue weighted by Gasteiger charge is 2.21. The maximum absolute atomic E-state index is 10.8. The quantitative estimate of drug-likeness (QED) is 0.798. The second-order valence-corrected chi connectivity index (χ2v) is 4.06. The zero-order valence-electron chi connectivity index (χ0n) is 8.12. The Morgan fingerprint density at radius 2 is 2.13 bits per heavy atom. The molecule has 1 heterocycles. The molecule has 0 aromatic carbocycles. The van der Waals surface area contributed by atoms with Crippen LogP contribution < -0.4 is 5.32 Å². The van der Waals surface area contributed by atoms with E-state index in [1.165, 1.54) is 6.92 Å². The molecule has 0 bridgehead atoms. The molecule has 0 fully saturated rings. The van der Waals surface area contributed by atoms with Gasteiger partial charge in [0.2, 0.25) is 5.91 Å². The maximum Gasteiger partial charge on any atom is 0.338 e. The van der Waals surface area contributed by atoms with E-state index < -0.39 is 5.97 Å². The molecule has 0 saturated carbocycles. The Bertz CT molecular complexity index is 470. The highest BCUT2D eigenvalue weighted by molar-refractivity contribution is 7.16. The lowest BCUT2D eigenvalue weighted by atomic mass is 10.1. The van der Waals surface area contributed by atoms with Crippen molar-refractivity contribution in [1.29, 1.82) is 5.26 Å². The normalized spacial score (nSPS) is 9.40. The highest BCUT2D eigenvalue weighted by Crippen LogP contribution is 2.32. The van der Waals surface area contributed by atoms with Crippen LogP contribution in [0, 0.1) is 18.3 Å². The Hall–Kier alpha value is -1.87. The van der Waals surface area contributed by atoms with Crippen LogP contribution in [0.1, 0.15) is 27.7 Å². The summed E-state index contributed by atoms with van der Waals surface area (Å²) >= 11 is 1.09. The van der Waals surface area contributed by atoms with Crippen LogP contribution in [0.4, 0.5) is 5.00 Å². The number of nitrogens with one attached hydrogen (secondary N) is 1. The minimum absolute atomic E-state index is 0.0141. The van der Waals surface area contributed by atoms with Gasteiger partial charge in [0.25, 0.3) is 0 Å². The summed E-state index contributed by atoms with van der Waals surface area (Å²) < 4.78 is 0. The molecule has 0 spiro atoms. The summed E-state index contributed by atoms with van der Waals surface area (Å²) in [6, 6.07) is 1.79. The van der Waals surface area contributed by atoms with Crippen LogP contribution in [0.5, 0.6) is 0 Å². The van der Waals surface area contributed by atoms with E-state index in [1.807, 2.05) is 0 Å². The number of aryl methyl sites for hydroxylation is 1. The third-order valence-corrected chi connectivity index (χ3v) is 2.72. The van der Waals surface area contributed by atoms with Crippen LogP contribution in [0.3, 0.4) is 0 Å². The van der Waals surface area contributed by atoms with Crippen molar-refractivity contribution in [3.63, 3.8) is 0 Å². The smallest absolute Gasteiger partial charge is 0.338 e. The van der Waals surface area contributed by atoms with Crippen LogP contribution in [-0.4, -0.2) is 17.0 Å². The molecule has 2 N–H and O–H groups in total. The van der Waals surface area contributed by atoms with E-state index in [2.05, 4.69) is 5.32 Å². The number of hydrogen-bond donors (Lipinski definition) is 2. The van der Waals surface area contributed by atoms with E-state index >= 15 is 0 Å². The second-order valence-electron chi connectivity index (χ2n) is 2.84. The summed E-state index contributed by atoms with van der Waals surface area (Å²) in [4.78, 5) is 22.2. The molecule has 1 aromatic rings. The molecule has 0 atom stereocenters. The summed E-state index contributed by atoms with van der Waals surface area (Å²) in [5.74, 6) is -1.48. The Morgan fingerprint density at radius 3 is 2.53 bits per heavy atom. The van der Waals surface area contributed by atoms with E-state index in [0.29, 0.717) is 9.88 Å². The molecule has 1 rings (SSSR count). The second kappa shape index (κ2) is 4.11. The number of amides is 1.